The van der Waals surface area contributed by atoms with Crippen molar-refractivity contribution in [1.82, 2.24) is 5.32 Å². The Morgan fingerprint density at radius 1 is 1.28 bits per heavy atom. The quantitative estimate of drug-likeness (QED) is 0.331. The summed E-state index contributed by atoms with van der Waals surface area (Å²) >= 11 is 0. The predicted molar refractivity (Wildman–Crippen MR) is 67.9 cm³/mol. The molecule has 0 unspecified atom stereocenters. The average molecular weight is 251 g/mol. The molecule has 0 heterocycles. The Hall–Kier alpha value is -2.24. The van der Waals surface area contributed by atoms with Gasteiger partial charge in [-0.1, -0.05) is 0 Å². The lowest BCUT2D eigenvalue weighted by Gasteiger charge is -2.06. The van der Waals surface area contributed by atoms with Crippen molar-refractivity contribution in [3.05, 3.63) is 23.8 Å². The number of hydrogen-bond donors (Lipinski definition) is 4. The van der Waals surface area contributed by atoms with Gasteiger partial charge in [0, 0.05) is 18.5 Å². The molecule has 2 amide bonds. The summed E-state index contributed by atoms with van der Waals surface area (Å²) in [4.78, 5) is 22.1. The van der Waals surface area contributed by atoms with E-state index in [0.717, 1.165) is 0 Å². The van der Waals surface area contributed by atoms with Gasteiger partial charge < -0.3 is 21.9 Å². The Bertz CT molecular complexity index is 446. The first-order valence-corrected chi connectivity index (χ1v) is 5.65. The number of carbonyl (C=O) groups excluding carboxylic acids is 2. The summed E-state index contributed by atoms with van der Waals surface area (Å²) in [6.45, 7) is 0.456. The molecule has 0 atom stereocenters. The molecule has 18 heavy (non-hydrogen) atoms. The number of unbranched alkanes of at least 4 members (excludes halogenated alkanes) is 1. The van der Waals surface area contributed by atoms with E-state index in [-0.39, 0.29) is 23.3 Å². The summed E-state index contributed by atoms with van der Waals surface area (Å²) in [5.74, 6) is -0.745. The van der Waals surface area contributed by atoms with E-state index in [0.29, 0.717) is 31.4 Å². The third-order valence-electron chi connectivity index (χ3n) is 2.43. The molecular weight excluding hydrogens is 234 g/mol. The van der Waals surface area contributed by atoms with Crippen LogP contribution in [-0.2, 0) is 4.79 Å². The van der Waals surface area contributed by atoms with Crippen LogP contribution in [0.5, 0.6) is 5.75 Å². The smallest absolute Gasteiger partial charge is 0.251 e. The Balaban J connectivity index is 2.36. The number of phenols is 1. The van der Waals surface area contributed by atoms with Crippen molar-refractivity contribution in [2.24, 2.45) is 5.73 Å². The zero-order valence-corrected chi connectivity index (χ0v) is 9.98. The van der Waals surface area contributed by atoms with Crippen molar-refractivity contribution >= 4 is 17.5 Å². The molecule has 0 fully saturated rings. The predicted octanol–water partition coefficient (Wildman–Crippen LogP) is 0.360. The highest BCUT2D eigenvalue weighted by Crippen LogP contribution is 2.20. The maximum Gasteiger partial charge on any atom is 0.251 e. The molecule has 6 N–H and O–H groups in total. The van der Waals surface area contributed by atoms with E-state index in [1.807, 2.05) is 0 Å². The SMILES string of the molecule is NC(=O)CCCCNC(=O)c1ccc(N)c(O)c1. The second-order valence-electron chi connectivity index (χ2n) is 3.95. The number of amides is 2. The Morgan fingerprint density at radius 3 is 2.61 bits per heavy atom. The van der Waals surface area contributed by atoms with Crippen molar-refractivity contribution in [1.29, 1.82) is 0 Å². The number of rotatable bonds is 6. The first kappa shape index (κ1) is 13.8. The second-order valence-corrected chi connectivity index (χ2v) is 3.95. The highest BCUT2D eigenvalue weighted by molar-refractivity contribution is 5.95. The minimum atomic E-state index is -0.343. The molecule has 1 aromatic carbocycles. The summed E-state index contributed by atoms with van der Waals surface area (Å²) in [5, 5.41) is 12.0. The molecule has 0 radical (unpaired) electrons. The molecular formula is C12H17N3O3. The summed E-state index contributed by atoms with van der Waals surface area (Å²) < 4.78 is 0. The molecule has 0 spiro atoms. The lowest BCUT2D eigenvalue weighted by Crippen LogP contribution is -2.24. The van der Waals surface area contributed by atoms with Crippen LogP contribution in [0.3, 0.4) is 0 Å². The van der Waals surface area contributed by atoms with Gasteiger partial charge in [0.05, 0.1) is 5.69 Å². The first-order chi connectivity index (χ1) is 8.50. The standard InChI is InChI=1S/C12H17N3O3/c13-9-5-4-8(7-10(9)16)12(18)15-6-2-1-3-11(14)17/h4-5,7,16H,1-3,6,13H2,(H2,14,17)(H,15,18). The number of nitrogen functional groups attached to an aromatic ring is 1. The fraction of sp³-hybridized carbons (Fsp3) is 0.333. The molecule has 0 saturated carbocycles. The van der Waals surface area contributed by atoms with E-state index in [2.05, 4.69) is 5.32 Å². The molecule has 98 valence electrons. The molecule has 0 aromatic heterocycles. The Morgan fingerprint density at radius 2 is 2.00 bits per heavy atom. The molecule has 0 aliphatic carbocycles. The molecule has 0 saturated heterocycles. The largest absolute Gasteiger partial charge is 0.506 e. The van der Waals surface area contributed by atoms with Crippen LogP contribution in [0.15, 0.2) is 18.2 Å². The van der Waals surface area contributed by atoms with E-state index in [1.165, 1.54) is 18.2 Å². The number of carbonyl (C=O) groups is 2. The zero-order chi connectivity index (χ0) is 13.5. The molecule has 1 aromatic rings. The van der Waals surface area contributed by atoms with Crippen LogP contribution in [0.1, 0.15) is 29.6 Å². The molecule has 1 rings (SSSR count). The number of anilines is 1. The second kappa shape index (κ2) is 6.48. The average Bonchev–Trinajstić information content (AvgIpc) is 2.31. The van der Waals surface area contributed by atoms with Gasteiger partial charge in [0.2, 0.25) is 5.91 Å². The number of benzene rings is 1. The van der Waals surface area contributed by atoms with E-state index in [1.54, 1.807) is 0 Å². The van der Waals surface area contributed by atoms with Crippen LogP contribution in [0.4, 0.5) is 5.69 Å². The summed E-state index contributed by atoms with van der Waals surface area (Å²) in [6.07, 6.45) is 1.64. The minimum absolute atomic E-state index is 0.114. The lowest BCUT2D eigenvalue weighted by molar-refractivity contribution is -0.118. The topological polar surface area (TPSA) is 118 Å². The van der Waals surface area contributed by atoms with Crippen LogP contribution in [0.2, 0.25) is 0 Å². The van der Waals surface area contributed by atoms with E-state index in [4.69, 9.17) is 11.5 Å². The zero-order valence-electron chi connectivity index (χ0n) is 9.98. The van der Waals surface area contributed by atoms with Gasteiger partial charge in [-0.25, -0.2) is 0 Å². The fourth-order valence-electron chi connectivity index (χ4n) is 1.41. The van der Waals surface area contributed by atoms with Crippen LogP contribution in [0.25, 0.3) is 0 Å². The summed E-state index contributed by atoms with van der Waals surface area (Å²) in [7, 11) is 0. The van der Waals surface area contributed by atoms with Crippen LogP contribution in [0, 0.1) is 0 Å². The van der Waals surface area contributed by atoms with E-state index in [9.17, 15) is 14.7 Å². The minimum Gasteiger partial charge on any atom is -0.506 e. The third-order valence-corrected chi connectivity index (χ3v) is 2.43. The number of phenolic OH excluding ortho intramolecular Hbond substituents is 1. The van der Waals surface area contributed by atoms with Gasteiger partial charge in [-0.2, -0.15) is 0 Å². The van der Waals surface area contributed by atoms with E-state index < -0.39 is 0 Å². The van der Waals surface area contributed by atoms with Crippen molar-refractivity contribution in [3.8, 4) is 5.75 Å². The number of aromatic hydroxyl groups is 1. The lowest BCUT2D eigenvalue weighted by atomic mass is 10.1. The number of nitrogens with one attached hydrogen (secondary N) is 1. The van der Waals surface area contributed by atoms with Crippen molar-refractivity contribution in [2.45, 2.75) is 19.3 Å². The van der Waals surface area contributed by atoms with Crippen molar-refractivity contribution < 1.29 is 14.7 Å². The summed E-state index contributed by atoms with van der Waals surface area (Å²) in [6, 6.07) is 4.32. The van der Waals surface area contributed by atoms with Gasteiger partial charge in [-0.3, -0.25) is 9.59 Å². The normalized spacial score (nSPS) is 10.0. The summed E-state index contributed by atoms with van der Waals surface area (Å²) in [5.41, 5.74) is 11.0. The van der Waals surface area contributed by atoms with Gasteiger partial charge in [-0.15, -0.1) is 0 Å². The maximum absolute atomic E-state index is 11.7. The Kier molecular flexibility index (Phi) is 4.98. The fourth-order valence-corrected chi connectivity index (χ4v) is 1.41. The van der Waals surface area contributed by atoms with E-state index >= 15 is 0 Å². The van der Waals surface area contributed by atoms with Gasteiger partial charge in [0.1, 0.15) is 5.75 Å². The number of nitrogens with two attached hydrogens (primary N) is 2. The number of primary amides is 1. The molecule has 6 heteroatoms. The monoisotopic (exact) mass is 251 g/mol. The van der Waals surface area contributed by atoms with Gasteiger partial charge in [-0.05, 0) is 31.0 Å². The van der Waals surface area contributed by atoms with Gasteiger partial charge >= 0.3 is 0 Å². The molecule has 0 bridgehead atoms. The number of hydrogen-bond acceptors (Lipinski definition) is 4. The Labute approximate surface area is 105 Å². The highest BCUT2D eigenvalue weighted by atomic mass is 16.3. The van der Waals surface area contributed by atoms with Crippen molar-refractivity contribution in [3.63, 3.8) is 0 Å². The van der Waals surface area contributed by atoms with Gasteiger partial charge in [0.25, 0.3) is 5.91 Å². The molecule has 0 aliphatic heterocycles. The molecule has 0 aliphatic rings. The van der Waals surface area contributed by atoms with Gasteiger partial charge in [0.15, 0.2) is 0 Å². The first-order valence-electron chi connectivity index (χ1n) is 5.65. The maximum atomic E-state index is 11.7. The van der Waals surface area contributed by atoms with Crippen LogP contribution >= 0.6 is 0 Å². The van der Waals surface area contributed by atoms with Crippen LogP contribution < -0.4 is 16.8 Å². The third kappa shape index (κ3) is 4.32. The highest BCUT2D eigenvalue weighted by Gasteiger charge is 2.07. The molecule has 6 nitrogen and oxygen atoms in total. The van der Waals surface area contributed by atoms with Crippen molar-refractivity contribution in [2.75, 3.05) is 12.3 Å². The van der Waals surface area contributed by atoms with Crippen LogP contribution in [-0.4, -0.2) is 23.5 Å².